The second-order valence-corrected chi connectivity index (χ2v) is 7.69. The molecule has 0 N–H and O–H groups in total. The molecule has 2 aromatic carbocycles. The van der Waals surface area contributed by atoms with E-state index in [1.165, 1.54) is 12.8 Å². The fourth-order valence-electron chi connectivity index (χ4n) is 3.44. The molecule has 0 unspecified atom stereocenters. The number of fused-ring (bicyclic) bond motifs is 1. The molecular formula is C22H22BrN3O2. The highest BCUT2D eigenvalue weighted by Gasteiger charge is 2.19. The van der Waals surface area contributed by atoms with E-state index in [4.69, 9.17) is 9.84 Å². The molecule has 0 saturated carbocycles. The molecule has 0 aliphatic carbocycles. The first kappa shape index (κ1) is 18.7. The lowest BCUT2D eigenvalue weighted by molar-refractivity contribution is 0.0526. The van der Waals surface area contributed by atoms with Gasteiger partial charge in [-0.15, -0.1) is 0 Å². The molecule has 0 spiro atoms. The molecular weight excluding hydrogens is 418 g/mol. The molecule has 3 aromatic rings. The maximum absolute atomic E-state index is 12.2. The molecule has 0 atom stereocenters. The zero-order valence-corrected chi connectivity index (χ0v) is 17.4. The van der Waals surface area contributed by atoms with Gasteiger partial charge in [0.15, 0.2) is 0 Å². The predicted molar refractivity (Wildman–Crippen MR) is 116 cm³/mol. The summed E-state index contributed by atoms with van der Waals surface area (Å²) in [4.78, 5) is 14.2. The lowest BCUT2D eigenvalue weighted by Crippen LogP contribution is -2.33. The average Bonchev–Trinajstić information content (AvgIpc) is 3.35. The van der Waals surface area contributed by atoms with Crippen molar-refractivity contribution in [2.75, 3.05) is 24.7 Å². The normalized spacial score (nSPS) is 14.3. The van der Waals surface area contributed by atoms with E-state index in [2.05, 4.69) is 45.2 Å². The largest absolute Gasteiger partial charge is 0.462 e. The third kappa shape index (κ3) is 3.83. The van der Waals surface area contributed by atoms with Crippen LogP contribution in [0.4, 0.5) is 0 Å². The highest BCUT2D eigenvalue weighted by atomic mass is 79.9. The van der Waals surface area contributed by atoms with E-state index in [1.807, 2.05) is 36.0 Å². The highest BCUT2D eigenvalue weighted by Crippen LogP contribution is 2.25. The summed E-state index contributed by atoms with van der Waals surface area (Å²) in [5.41, 5.74) is 3.50. The fourth-order valence-corrected chi connectivity index (χ4v) is 3.71. The van der Waals surface area contributed by atoms with Crippen LogP contribution in [0.5, 0.6) is 0 Å². The van der Waals surface area contributed by atoms with E-state index >= 15 is 0 Å². The molecule has 144 valence electrons. The Morgan fingerprint density at radius 3 is 2.61 bits per heavy atom. The minimum absolute atomic E-state index is 0.304. The second-order valence-electron chi connectivity index (χ2n) is 6.77. The number of nitrogens with zero attached hydrogens (tertiary/aromatic N) is 3. The second kappa shape index (κ2) is 8.19. The van der Waals surface area contributed by atoms with Crippen LogP contribution in [-0.4, -0.2) is 35.6 Å². The van der Waals surface area contributed by atoms with E-state index in [-0.39, 0.29) is 5.97 Å². The number of carbonyl (C=O) groups excluding carboxylic acids is 1. The van der Waals surface area contributed by atoms with Gasteiger partial charge in [-0.1, -0.05) is 34.1 Å². The van der Waals surface area contributed by atoms with Gasteiger partial charge in [0.2, 0.25) is 0 Å². The average molecular weight is 440 g/mol. The Labute approximate surface area is 172 Å². The minimum atomic E-state index is -0.304. The first-order valence-corrected chi connectivity index (χ1v) is 10.3. The van der Waals surface area contributed by atoms with Gasteiger partial charge in [0.05, 0.1) is 23.4 Å². The quantitative estimate of drug-likeness (QED) is 0.531. The van der Waals surface area contributed by atoms with Crippen molar-refractivity contribution in [1.29, 1.82) is 0 Å². The van der Waals surface area contributed by atoms with Gasteiger partial charge >= 0.3 is 5.97 Å². The first-order chi connectivity index (χ1) is 13.7. The van der Waals surface area contributed by atoms with Crippen molar-refractivity contribution < 1.29 is 9.53 Å². The van der Waals surface area contributed by atoms with Gasteiger partial charge in [0.1, 0.15) is 0 Å². The zero-order valence-electron chi connectivity index (χ0n) is 15.8. The summed E-state index contributed by atoms with van der Waals surface area (Å²) in [6.07, 6.45) is 6.48. The van der Waals surface area contributed by atoms with Crippen molar-refractivity contribution in [1.82, 2.24) is 9.89 Å². The van der Waals surface area contributed by atoms with Gasteiger partial charge in [-0.05, 0) is 61.7 Å². The van der Waals surface area contributed by atoms with E-state index in [9.17, 15) is 4.79 Å². The Bertz CT molecular complexity index is 1020. The van der Waals surface area contributed by atoms with Gasteiger partial charge in [-0.2, -0.15) is 9.89 Å². The molecule has 0 amide bonds. The van der Waals surface area contributed by atoms with Crippen LogP contribution in [0.1, 0.15) is 41.4 Å². The predicted octanol–water partition coefficient (Wildman–Crippen LogP) is 4.88. The number of carbonyl (C=O) groups is 1. The molecule has 1 fully saturated rings. The summed E-state index contributed by atoms with van der Waals surface area (Å²) < 4.78 is 6.22. The van der Waals surface area contributed by atoms with Crippen LogP contribution < -0.4 is 5.01 Å². The van der Waals surface area contributed by atoms with E-state index in [0.717, 1.165) is 39.7 Å². The SMILES string of the molecule is CCOC(=O)c1ccc2nn(N3CCCC3)c(/C=C/c3ccc(Br)cc3)c2c1. The third-order valence-corrected chi connectivity index (χ3v) is 5.38. The molecule has 1 aliphatic rings. The molecule has 0 radical (unpaired) electrons. The summed E-state index contributed by atoms with van der Waals surface area (Å²) in [5.74, 6) is -0.304. The Morgan fingerprint density at radius 2 is 1.89 bits per heavy atom. The molecule has 2 heterocycles. The first-order valence-electron chi connectivity index (χ1n) is 9.54. The highest BCUT2D eigenvalue weighted by molar-refractivity contribution is 9.10. The van der Waals surface area contributed by atoms with Crippen LogP contribution in [0.3, 0.4) is 0 Å². The third-order valence-electron chi connectivity index (χ3n) is 4.86. The van der Waals surface area contributed by atoms with Crippen LogP contribution in [-0.2, 0) is 4.74 Å². The number of esters is 1. The van der Waals surface area contributed by atoms with E-state index in [0.29, 0.717) is 12.2 Å². The zero-order chi connectivity index (χ0) is 19.5. The van der Waals surface area contributed by atoms with Crippen molar-refractivity contribution in [3.05, 3.63) is 63.8 Å². The number of hydrogen-bond acceptors (Lipinski definition) is 4. The molecule has 0 bridgehead atoms. The maximum atomic E-state index is 12.2. The van der Waals surface area contributed by atoms with Gasteiger partial charge in [-0.3, -0.25) is 5.01 Å². The van der Waals surface area contributed by atoms with Crippen molar-refractivity contribution in [2.24, 2.45) is 0 Å². The van der Waals surface area contributed by atoms with Crippen LogP contribution in [0.25, 0.3) is 23.1 Å². The monoisotopic (exact) mass is 439 g/mol. The van der Waals surface area contributed by atoms with Crippen molar-refractivity contribution >= 4 is 45.0 Å². The topological polar surface area (TPSA) is 47.4 Å². The molecule has 1 saturated heterocycles. The van der Waals surface area contributed by atoms with Crippen molar-refractivity contribution in [3.63, 3.8) is 0 Å². The van der Waals surface area contributed by atoms with Gasteiger partial charge in [0.25, 0.3) is 0 Å². The Balaban J connectivity index is 1.79. The van der Waals surface area contributed by atoms with Crippen LogP contribution in [0.15, 0.2) is 46.9 Å². The van der Waals surface area contributed by atoms with Gasteiger partial charge < -0.3 is 4.74 Å². The molecule has 4 rings (SSSR count). The Morgan fingerprint density at radius 1 is 1.14 bits per heavy atom. The summed E-state index contributed by atoms with van der Waals surface area (Å²) in [6, 6.07) is 13.7. The van der Waals surface area contributed by atoms with Crippen molar-refractivity contribution in [2.45, 2.75) is 19.8 Å². The molecule has 1 aliphatic heterocycles. The summed E-state index contributed by atoms with van der Waals surface area (Å²) in [7, 11) is 0. The lowest BCUT2D eigenvalue weighted by atomic mass is 10.1. The number of halogens is 1. The minimum Gasteiger partial charge on any atom is -0.462 e. The number of rotatable bonds is 5. The van der Waals surface area contributed by atoms with Crippen LogP contribution >= 0.6 is 15.9 Å². The number of benzene rings is 2. The van der Waals surface area contributed by atoms with Crippen LogP contribution in [0, 0.1) is 0 Å². The summed E-state index contributed by atoms with van der Waals surface area (Å²) >= 11 is 3.47. The molecule has 1 aromatic heterocycles. The van der Waals surface area contributed by atoms with Crippen molar-refractivity contribution in [3.8, 4) is 0 Å². The lowest BCUT2D eigenvalue weighted by Gasteiger charge is -2.19. The Hall–Kier alpha value is -2.60. The maximum Gasteiger partial charge on any atom is 0.338 e. The fraction of sp³-hybridized carbons (Fsp3) is 0.273. The van der Waals surface area contributed by atoms with E-state index < -0.39 is 0 Å². The summed E-state index contributed by atoms with van der Waals surface area (Å²) in [5, 5.41) is 8.00. The number of aromatic nitrogens is 2. The molecule has 6 heteroatoms. The smallest absolute Gasteiger partial charge is 0.338 e. The number of ether oxygens (including phenoxy) is 1. The number of hydrogen-bond donors (Lipinski definition) is 0. The Kier molecular flexibility index (Phi) is 5.48. The van der Waals surface area contributed by atoms with Gasteiger partial charge in [-0.25, -0.2) is 4.79 Å². The summed E-state index contributed by atoms with van der Waals surface area (Å²) in [6.45, 7) is 4.14. The van der Waals surface area contributed by atoms with Gasteiger partial charge in [0, 0.05) is 22.9 Å². The standard InChI is InChI=1S/C22H22BrN3O2/c1-2-28-22(27)17-8-11-20-19(15-17)21(26(24-20)25-13-3-4-14-25)12-7-16-5-9-18(23)10-6-16/h5-12,15H,2-4,13-14H2,1H3/b12-7+. The van der Waals surface area contributed by atoms with Crippen LogP contribution in [0.2, 0.25) is 0 Å². The van der Waals surface area contributed by atoms with E-state index in [1.54, 1.807) is 6.07 Å². The molecule has 28 heavy (non-hydrogen) atoms. The molecule has 5 nitrogen and oxygen atoms in total.